The fraction of sp³-hybridized carbons (Fsp3) is 0.350. The average Bonchev–Trinajstić information content (AvgIpc) is 3.42. The molecule has 0 spiro atoms. The van der Waals surface area contributed by atoms with E-state index in [1.54, 1.807) is 0 Å². The second-order valence-electron chi connectivity index (χ2n) is 7.61. The van der Waals surface area contributed by atoms with Crippen LogP contribution in [0.4, 0.5) is 24.8 Å². The molecule has 0 amide bonds. The van der Waals surface area contributed by atoms with Crippen LogP contribution in [0.3, 0.4) is 0 Å². The van der Waals surface area contributed by atoms with Crippen molar-refractivity contribution in [3.63, 3.8) is 0 Å². The van der Waals surface area contributed by atoms with Crippen LogP contribution in [0.2, 0.25) is 0 Å². The molecule has 3 aromatic rings. The maximum Gasteiger partial charge on any atom is 0.421 e. The molecule has 13 heteroatoms. The van der Waals surface area contributed by atoms with Crippen LogP contribution in [0.1, 0.15) is 36.3 Å². The molecule has 1 aliphatic carbocycles. The Bertz CT molecular complexity index is 1240. The van der Waals surface area contributed by atoms with E-state index in [4.69, 9.17) is 0 Å². The predicted octanol–water partition coefficient (Wildman–Crippen LogP) is 2.96. The number of anilines is 2. The van der Waals surface area contributed by atoms with Gasteiger partial charge >= 0.3 is 6.18 Å². The molecule has 33 heavy (non-hydrogen) atoms. The van der Waals surface area contributed by atoms with Crippen LogP contribution in [-0.2, 0) is 16.2 Å². The van der Waals surface area contributed by atoms with E-state index in [1.165, 1.54) is 43.7 Å². The van der Waals surface area contributed by atoms with Gasteiger partial charge in [-0.3, -0.25) is 0 Å². The van der Waals surface area contributed by atoms with E-state index in [0.717, 1.165) is 17.5 Å². The zero-order valence-electron chi connectivity index (χ0n) is 17.4. The van der Waals surface area contributed by atoms with Crippen molar-refractivity contribution in [2.45, 2.75) is 42.4 Å². The maximum absolute atomic E-state index is 13.6. The van der Waals surface area contributed by atoms with Gasteiger partial charge in [-0.25, -0.2) is 22.8 Å². The van der Waals surface area contributed by atoms with Gasteiger partial charge in [-0.1, -0.05) is 6.42 Å². The number of nitrogens with one attached hydrogen (secondary N) is 2. The summed E-state index contributed by atoms with van der Waals surface area (Å²) >= 11 is 0. The minimum atomic E-state index is -4.71. The maximum atomic E-state index is 13.6. The Hall–Kier alpha value is -3.03. The van der Waals surface area contributed by atoms with Gasteiger partial charge in [0, 0.05) is 24.0 Å². The van der Waals surface area contributed by atoms with Crippen LogP contribution in [-0.4, -0.2) is 46.4 Å². The zero-order chi connectivity index (χ0) is 23.8. The minimum Gasteiger partial charge on any atom is -0.392 e. The summed E-state index contributed by atoms with van der Waals surface area (Å²) < 4.78 is 67.7. The Balaban J connectivity index is 1.66. The monoisotopic (exact) mass is 482 g/mol. The van der Waals surface area contributed by atoms with E-state index in [1.807, 2.05) is 0 Å². The summed E-state index contributed by atoms with van der Waals surface area (Å²) in [5.41, 5.74) is -0.0429. The molecule has 2 heterocycles. The van der Waals surface area contributed by atoms with E-state index in [9.17, 15) is 26.7 Å². The summed E-state index contributed by atoms with van der Waals surface area (Å²) in [6, 6.07) is 5.56. The lowest BCUT2D eigenvalue weighted by atomic mass is 9.99. The second-order valence-corrected chi connectivity index (χ2v) is 9.50. The molecule has 2 atom stereocenters. The highest BCUT2D eigenvalue weighted by molar-refractivity contribution is 7.89. The first-order chi connectivity index (χ1) is 15.6. The van der Waals surface area contributed by atoms with Gasteiger partial charge in [0.25, 0.3) is 0 Å². The fourth-order valence-electron chi connectivity index (χ4n) is 3.75. The highest BCUT2D eigenvalue weighted by atomic mass is 32.2. The topological polar surface area (TPSA) is 122 Å². The van der Waals surface area contributed by atoms with Crippen molar-refractivity contribution in [2.24, 2.45) is 0 Å². The Morgan fingerprint density at radius 1 is 1.15 bits per heavy atom. The number of aromatic nitrogens is 4. The lowest BCUT2D eigenvalue weighted by Gasteiger charge is -2.14. The third-order valence-electron chi connectivity index (χ3n) is 5.49. The molecule has 1 fully saturated rings. The van der Waals surface area contributed by atoms with Crippen molar-refractivity contribution in [3.05, 3.63) is 54.0 Å². The smallest absolute Gasteiger partial charge is 0.392 e. The normalized spacial score (nSPS) is 19.1. The van der Waals surface area contributed by atoms with Gasteiger partial charge in [-0.05, 0) is 49.7 Å². The quantitative estimate of drug-likeness (QED) is 0.494. The van der Waals surface area contributed by atoms with Crippen LogP contribution in [0.25, 0.3) is 5.82 Å². The largest absolute Gasteiger partial charge is 0.421 e. The summed E-state index contributed by atoms with van der Waals surface area (Å²) in [5.74, 6) is -0.770. The fourth-order valence-corrected chi connectivity index (χ4v) is 4.48. The van der Waals surface area contributed by atoms with Gasteiger partial charge in [0.1, 0.15) is 5.56 Å². The molecule has 176 valence electrons. The van der Waals surface area contributed by atoms with E-state index in [0.29, 0.717) is 23.9 Å². The number of halogens is 3. The van der Waals surface area contributed by atoms with Gasteiger partial charge in [0.05, 0.1) is 17.2 Å². The highest BCUT2D eigenvalue weighted by Gasteiger charge is 2.36. The number of rotatable bonds is 6. The molecule has 1 aromatic carbocycles. The molecule has 0 bridgehead atoms. The van der Waals surface area contributed by atoms with Crippen LogP contribution in [0, 0.1) is 0 Å². The Labute approximate surface area is 187 Å². The number of hydrogen-bond acceptors (Lipinski definition) is 7. The van der Waals surface area contributed by atoms with Gasteiger partial charge in [0.15, 0.2) is 5.82 Å². The second kappa shape index (κ2) is 8.72. The van der Waals surface area contributed by atoms with Crippen molar-refractivity contribution in [1.82, 2.24) is 24.5 Å². The molecule has 3 N–H and O–H groups in total. The van der Waals surface area contributed by atoms with Gasteiger partial charge in [-0.15, -0.1) is 0 Å². The number of aliphatic hydroxyl groups is 1. The summed E-state index contributed by atoms with van der Waals surface area (Å²) in [4.78, 5) is 7.80. The van der Waals surface area contributed by atoms with E-state index in [2.05, 4.69) is 25.1 Å². The van der Waals surface area contributed by atoms with Crippen LogP contribution < -0.4 is 10.0 Å². The lowest BCUT2D eigenvalue weighted by molar-refractivity contribution is -0.138. The van der Waals surface area contributed by atoms with Crippen LogP contribution in [0.15, 0.2) is 47.8 Å². The summed E-state index contributed by atoms with van der Waals surface area (Å²) in [6.07, 6.45) is 0.483. The standard InChI is InChI=1S/C20H21F3N6O3S/c1-24-33(31,32)14-7-5-13(6-8-14)27-19-25-10-16(20(21,22)23)18(28-19)29-11-12(9-26-29)15-3-2-4-17(15)30/h5-11,15,17,24,30H,2-4H2,1H3,(H,25,27,28)/t15-,17+/m1/s1. The van der Waals surface area contributed by atoms with Crippen molar-refractivity contribution in [1.29, 1.82) is 0 Å². The van der Waals surface area contributed by atoms with E-state index in [-0.39, 0.29) is 16.8 Å². The van der Waals surface area contributed by atoms with E-state index < -0.39 is 33.7 Å². The Morgan fingerprint density at radius 3 is 2.48 bits per heavy atom. The Morgan fingerprint density at radius 2 is 1.88 bits per heavy atom. The predicted molar refractivity (Wildman–Crippen MR) is 113 cm³/mol. The summed E-state index contributed by atoms with van der Waals surface area (Å²) in [5, 5.41) is 16.9. The molecule has 0 saturated heterocycles. The molecule has 1 aliphatic rings. The number of benzene rings is 1. The van der Waals surface area contributed by atoms with Crippen LogP contribution >= 0.6 is 0 Å². The third-order valence-corrected chi connectivity index (χ3v) is 6.92. The van der Waals surface area contributed by atoms with Crippen molar-refractivity contribution < 1.29 is 26.7 Å². The molecule has 1 saturated carbocycles. The van der Waals surface area contributed by atoms with Gasteiger partial charge in [0.2, 0.25) is 16.0 Å². The number of aliphatic hydroxyl groups excluding tert-OH is 1. The third kappa shape index (κ3) is 4.84. The first-order valence-corrected chi connectivity index (χ1v) is 11.5. The van der Waals surface area contributed by atoms with Gasteiger partial charge in [-0.2, -0.15) is 23.3 Å². The number of nitrogens with zero attached hydrogens (tertiary/aromatic N) is 4. The molecule has 9 nitrogen and oxygen atoms in total. The lowest BCUT2D eigenvalue weighted by Crippen LogP contribution is -2.18. The SMILES string of the molecule is CNS(=O)(=O)c1ccc(Nc2ncc(C(F)(F)F)c(-n3cc([C@H]4CCC[C@@H]4O)cn3)n2)cc1. The van der Waals surface area contributed by atoms with Crippen molar-refractivity contribution in [2.75, 3.05) is 12.4 Å². The van der Waals surface area contributed by atoms with Crippen molar-refractivity contribution >= 4 is 21.7 Å². The molecule has 0 unspecified atom stereocenters. The molecule has 0 radical (unpaired) electrons. The van der Waals surface area contributed by atoms with Crippen molar-refractivity contribution in [3.8, 4) is 5.82 Å². The molecule has 2 aromatic heterocycles. The summed E-state index contributed by atoms with van der Waals surface area (Å²) in [6.45, 7) is 0. The number of sulfonamides is 1. The number of alkyl halides is 3. The molecular weight excluding hydrogens is 461 g/mol. The molecular formula is C20H21F3N6O3S. The molecule has 4 rings (SSSR count). The van der Waals surface area contributed by atoms with Gasteiger partial charge < -0.3 is 10.4 Å². The summed E-state index contributed by atoms with van der Waals surface area (Å²) in [7, 11) is -2.34. The minimum absolute atomic E-state index is 0.0303. The van der Waals surface area contributed by atoms with E-state index >= 15 is 0 Å². The number of hydrogen-bond donors (Lipinski definition) is 3. The van der Waals surface area contributed by atoms with Crippen LogP contribution in [0.5, 0.6) is 0 Å². The first kappa shape index (κ1) is 23.1. The first-order valence-electron chi connectivity index (χ1n) is 10.1. The zero-order valence-corrected chi connectivity index (χ0v) is 18.2. The Kier molecular flexibility index (Phi) is 6.12. The highest BCUT2D eigenvalue weighted by Crippen LogP contribution is 2.36. The molecule has 0 aliphatic heterocycles. The average molecular weight is 482 g/mol.